The van der Waals surface area contributed by atoms with Crippen molar-refractivity contribution in [2.75, 3.05) is 0 Å². The van der Waals surface area contributed by atoms with E-state index in [4.69, 9.17) is 0 Å². The molecule has 1 saturated carbocycles. The van der Waals surface area contributed by atoms with Crippen molar-refractivity contribution in [3.8, 4) is 5.75 Å². The number of aromatic hydroxyl groups is 1. The largest absolute Gasteiger partial charge is 0.507 e. The summed E-state index contributed by atoms with van der Waals surface area (Å²) in [5.41, 5.74) is 1.69. The highest BCUT2D eigenvalue weighted by atomic mass is 79.9. The van der Waals surface area contributed by atoms with Crippen LogP contribution in [0.5, 0.6) is 5.75 Å². The van der Waals surface area contributed by atoms with Crippen molar-refractivity contribution in [1.29, 1.82) is 0 Å². The summed E-state index contributed by atoms with van der Waals surface area (Å²) in [6.45, 7) is 6.32. The van der Waals surface area contributed by atoms with E-state index in [1.807, 2.05) is 18.3 Å². The highest BCUT2D eigenvalue weighted by Gasteiger charge is 2.20. The first-order valence-corrected chi connectivity index (χ1v) is 8.23. The van der Waals surface area contributed by atoms with Gasteiger partial charge < -0.3 is 5.11 Å². The van der Waals surface area contributed by atoms with Gasteiger partial charge in [-0.1, -0.05) is 56.0 Å². The molecule has 1 aromatic rings. The lowest BCUT2D eigenvalue weighted by Gasteiger charge is -2.22. The predicted octanol–water partition coefficient (Wildman–Crippen LogP) is 5.20. The molecule has 0 aliphatic heterocycles. The Morgan fingerprint density at radius 2 is 1.85 bits per heavy atom. The minimum Gasteiger partial charge on any atom is -0.507 e. The zero-order chi connectivity index (χ0) is 14.8. The van der Waals surface area contributed by atoms with E-state index in [1.165, 1.54) is 32.1 Å². The summed E-state index contributed by atoms with van der Waals surface area (Å²) in [4.78, 5) is 4.67. The van der Waals surface area contributed by atoms with Gasteiger partial charge in [-0.25, -0.2) is 0 Å². The molecule has 0 unspecified atom stereocenters. The standard InChI is InChI=1S/C17H24BrNO/c1-17(2,3)15-10-13(18)9-12(16(15)20)11-19-14-7-5-4-6-8-14/h9-11,14,20H,4-8H2,1-3H3. The number of rotatable bonds is 2. The summed E-state index contributed by atoms with van der Waals surface area (Å²) in [7, 11) is 0. The Morgan fingerprint density at radius 3 is 2.45 bits per heavy atom. The lowest BCUT2D eigenvalue weighted by molar-refractivity contribution is 0.441. The van der Waals surface area contributed by atoms with Crippen LogP contribution in [0.2, 0.25) is 0 Å². The third-order valence-electron chi connectivity index (χ3n) is 3.91. The van der Waals surface area contributed by atoms with Crippen LogP contribution in [0.15, 0.2) is 21.6 Å². The molecule has 1 aromatic carbocycles. The normalized spacial score (nSPS) is 17.8. The minimum absolute atomic E-state index is 0.0821. The van der Waals surface area contributed by atoms with Crippen LogP contribution in [0.1, 0.15) is 64.0 Å². The van der Waals surface area contributed by atoms with Crippen LogP contribution >= 0.6 is 15.9 Å². The smallest absolute Gasteiger partial charge is 0.128 e. The molecule has 2 rings (SSSR count). The number of hydrogen-bond donors (Lipinski definition) is 1. The Labute approximate surface area is 130 Å². The van der Waals surface area contributed by atoms with E-state index in [9.17, 15) is 5.11 Å². The number of halogens is 1. The Kier molecular flexibility index (Phi) is 4.90. The number of phenolic OH excluding ortho intramolecular Hbond substituents is 1. The van der Waals surface area contributed by atoms with Gasteiger partial charge in [0.1, 0.15) is 5.75 Å². The van der Waals surface area contributed by atoms with Gasteiger partial charge in [0.25, 0.3) is 0 Å². The molecule has 3 heteroatoms. The second kappa shape index (κ2) is 6.30. The molecule has 110 valence electrons. The van der Waals surface area contributed by atoms with Crippen LogP contribution in [0.3, 0.4) is 0 Å². The number of hydrogen-bond acceptors (Lipinski definition) is 2. The van der Waals surface area contributed by atoms with E-state index < -0.39 is 0 Å². The lowest BCUT2D eigenvalue weighted by atomic mass is 9.85. The molecule has 0 heterocycles. The molecule has 1 aliphatic carbocycles. The number of benzene rings is 1. The maximum atomic E-state index is 10.5. The first kappa shape index (κ1) is 15.6. The zero-order valence-electron chi connectivity index (χ0n) is 12.6. The molecule has 0 bridgehead atoms. The van der Waals surface area contributed by atoms with Gasteiger partial charge in [-0.2, -0.15) is 0 Å². The molecule has 1 aliphatic rings. The first-order chi connectivity index (χ1) is 9.38. The maximum Gasteiger partial charge on any atom is 0.128 e. The van der Waals surface area contributed by atoms with Gasteiger partial charge in [-0.05, 0) is 30.4 Å². The highest BCUT2D eigenvalue weighted by molar-refractivity contribution is 9.10. The third-order valence-corrected chi connectivity index (χ3v) is 4.37. The summed E-state index contributed by atoms with van der Waals surface area (Å²) in [5, 5.41) is 10.5. The van der Waals surface area contributed by atoms with Gasteiger partial charge in [0.15, 0.2) is 0 Å². The molecule has 0 atom stereocenters. The third kappa shape index (κ3) is 3.85. The molecule has 0 aromatic heterocycles. The van der Waals surface area contributed by atoms with Gasteiger partial charge >= 0.3 is 0 Å². The molecule has 2 nitrogen and oxygen atoms in total. The lowest BCUT2D eigenvalue weighted by Crippen LogP contribution is -2.13. The number of nitrogens with zero attached hydrogens (tertiary/aromatic N) is 1. The van der Waals surface area contributed by atoms with Gasteiger partial charge in [-0.15, -0.1) is 0 Å². The second-order valence-corrected chi connectivity index (χ2v) is 7.63. The predicted molar refractivity (Wildman–Crippen MR) is 89.0 cm³/mol. The zero-order valence-corrected chi connectivity index (χ0v) is 14.2. The Hall–Kier alpha value is -0.830. The van der Waals surface area contributed by atoms with Crippen LogP contribution in [-0.2, 0) is 5.41 Å². The fourth-order valence-corrected chi connectivity index (χ4v) is 3.18. The summed E-state index contributed by atoms with van der Waals surface area (Å²) in [5.74, 6) is 0.361. The van der Waals surface area contributed by atoms with Crippen molar-refractivity contribution in [2.24, 2.45) is 4.99 Å². The van der Waals surface area contributed by atoms with Crippen LogP contribution < -0.4 is 0 Å². The van der Waals surface area contributed by atoms with Crippen LogP contribution in [0.4, 0.5) is 0 Å². The highest BCUT2D eigenvalue weighted by Crippen LogP contribution is 2.35. The monoisotopic (exact) mass is 337 g/mol. The summed E-state index contributed by atoms with van der Waals surface area (Å²) < 4.78 is 0.991. The Bertz CT molecular complexity index is 496. The molecule has 0 spiro atoms. The average Bonchev–Trinajstić information content (AvgIpc) is 2.39. The van der Waals surface area contributed by atoms with Crippen molar-refractivity contribution in [2.45, 2.75) is 64.3 Å². The van der Waals surface area contributed by atoms with E-state index in [-0.39, 0.29) is 5.41 Å². The second-order valence-electron chi connectivity index (χ2n) is 6.71. The van der Waals surface area contributed by atoms with E-state index in [2.05, 4.69) is 41.7 Å². The molecule has 20 heavy (non-hydrogen) atoms. The van der Waals surface area contributed by atoms with E-state index in [0.717, 1.165) is 15.6 Å². The molecule has 1 fully saturated rings. The molecular formula is C17H24BrNO. The fourth-order valence-electron chi connectivity index (χ4n) is 2.71. The van der Waals surface area contributed by atoms with Gasteiger partial charge in [0, 0.05) is 27.9 Å². The molecule has 0 saturated heterocycles. The van der Waals surface area contributed by atoms with Gasteiger partial charge in [0.2, 0.25) is 0 Å². The summed E-state index contributed by atoms with van der Waals surface area (Å²) >= 11 is 3.53. The Morgan fingerprint density at radius 1 is 1.20 bits per heavy atom. The van der Waals surface area contributed by atoms with Crippen LogP contribution in [-0.4, -0.2) is 17.4 Å². The SMILES string of the molecule is CC(C)(C)c1cc(Br)cc(C=NC2CCCCC2)c1O. The van der Waals surface area contributed by atoms with Crippen LogP contribution in [0, 0.1) is 0 Å². The molecule has 0 radical (unpaired) electrons. The maximum absolute atomic E-state index is 10.5. The molecular weight excluding hydrogens is 314 g/mol. The van der Waals surface area contributed by atoms with Crippen molar-refractivity contribution >= 4 is 22.1 Å². The van der Waals surface area contributed by atoms with Gasteiger partial charge in [-0.3, -0.25) is 4.99 Å². The van der Waals surface area contributed by atoms with Crippen molar-refractivity contribution in [3.05, 3.63) is 27.7 Å². The van der Waals surface area contributed by atoms with Crippen molar-refractivity contribution in [1.82, 2.24) is 0 Å². The topological polar surface area (TPSA) is 32.6 Å². The molecule has 1 N–H and O–H groups in total. The fraction of sp³-hybridized carbons (Fsp3) is 0.588. The Balaban J connectivity index is 2.27. The van der Waals surface area contributed by atoms with Crippen molar-refractivity contribution < 1.29 is 5.11 Å². The number of phenols is 1. The quantitative estimate of drug-likeness (QED) is 0.738. The number of aliphatic imine (C=N–C) groups is 1. The van der Waals surface area contributed by atoms with E-state index in [1.54, 1.807) is 0 Å². The first-order valence-electron chi connectivity index (χ1n) is 7.44. The van der Waals surface area contributed by atoms with E-state index in [0.29, 0.717) is 11.8 Å². The van der Waals surface area contributed by atoms with E-state index >= 15 is 0 Å². The summed E-state index contributed by atoms with van der Waals surface area (Å²) in [6.07, 6.45) is 8.10. The average molecular weight is 338 g/mol. The van der Waals surface area contributed by atoms with Crippen LogP contribution in [0.25, 0.3) is 0 Å². The van der Waals surface area contributed by atoms with Crippen molar-refractivity contribution in [3.63, 3.8) is 0 Å². The minimum atomic E-state index is -0.0821. The molecule has 0 amide bonds. The van der Waals surface area contributed by atoms with Gasteiger partial charge in [0.05, 0.1) is 0 Å². The summed E-state index contributed by atoms with van der Waals surface area (Å²) in [6, 6.07) is 4.37.